The van der Waals surface area contributed by atoms with Gasteiger partial charge in [-0.1, -0.05) is 29.8 Å². The fourth-order valence-corrected chi connectivity index (χ4v) is 3.18. The monoisotopic (exact) mass is 457 g/mol. The van der Waals surface area contributed by atoms with E-state index in [1.54, 1.807) is 0 Å². The fourth-order valence-electron chi connectivity index (χ4n) is 1.77. The highest BCUT2D eigenvalue weighted by molar-refractivity contribution is 14.1. The van der Waals surface area contributed by atoms with Gasteiger partial charge < -0.3 is 5.32 Å². The van der Waals surface area contributed by atoms with Crippen molar-refractivity contribution in [1.29, 1.82) is 0 Å². The molecule has 0 radical (unpaired) electrons. The highest BCUT2D eigenvalue weighted by Gasteiger charge is 2.26. The van der Waals surface area contributed by atoms with Crippen molar-refractivity contribution in [3.8, 4) is 0 Å². The molecular formula is C14H18BrClINO. The van der Waals surface area contributed by atoms with Gasteiger partial charge in [0.1, 0.15) is 0 Å². The van der Waals surface area contributed by atoms with Crippen LogP contribution in [0.3, 0.4) is 0 Å². The van der Waals surface area contributed by atoms with Crippen LogP contribution in [0, 0.1) is 8.99 Å². The van der Waals surface area contributed by atoms with Gasteiger partial charge in [-0.15, -0.1) is 11.6 Å². The molecule has 1 rings (SSSR count). The van der Waals surface area contributed by atoms with Crippen LogP contribution < -0.4 is 5.32 Å². The van der Waals surface area contributed by atoms with Crippen LogP contribution in [-0.2, 0) is 0 Å². The average Bonchev–Trinajstić information content (AvgIpc) is 2.43. The van der Waals surface area contributed by atoms with Gasteiger partial charge in [0.25, 0.3) is 5.91 Å². The predicted octanol–water partition coefficient (Wildman–Crippen LogP) is 4.83. The maximum Gasteiger partial charge on any atom is 0.252 e. The van der Waals surface area contributed by atoms with E-state index in [0.29, 0.717) is 18.0 Å². The lowest BCUT2D eigenvalue weighted by Gasteiger charge is -2.29. The maximum absolute atomic E-state index is 12.2. The van der Waals surface area contributed by atoms with E-state index < -0.39 is 0 Å². The van der Waals surface area contributed by atoms with Crippen LogP contribution in [0.25, 0.3) is 0 Å². The largest absolute Gasteiger partial charge is 0.351 e. The van der Waals surface area contributed by atoms with Crippen molar-refractivity contribution in [2.24, 2.45) is 5.41 Å². The first-order valence-corrected chi connectivity index (χ1v) is 8.68. The minimum Gasteiger partial charge on any atom is -0.351 e. The van der Waals surface area contributed by atoms with E-state index in [1.807, 2.05) is 18.2 Å². The number of alkyl halides is 1. The molecule has 0 saturated carbocycles. The van der Waals surface area contributed by atoms with Gasteiger partial charge in [0, 0.05) is 25.9 Å². The van der Waals surface area contributed by atoms with Crippen LogP contribution >= 0.6 is 50.1 Å². The number of hydrogen-bond acceptors (Lipinski definition) is 1. The summed E-state index contributed by atoms with van der Waals surface area (Å²) >= 11 is 11.6. The van der Waals surface area contributed by atoms with Crippen LogP contribution in [0.4, 0.5) is 0 Å². The molecular weight excluding hydrogens is 440 g/mol. The maximum atomic E-state index is 12.2. The second kappa shape index (κ2) is 7.84. The van der Waals surface area contributed by atoms with Crippen LogP contribution in [0.1, 0.15) is 37.0 Å². The number of nitrogens with one attached hydrogen (secondary N) is 1. The molecule has 5 heteroatoms. The zero-order valence-electron chi connectivity index (χ0n) is 11.1. The standard InChI is InChI=1S/C14H18BrClINO/c1-3-14(4-2,8-16)9-18-13(19)11-7-10(15)5-6-12(11)17/h5-7H,3-4,8-9H2,1-2H3,(H,18,19). The van der Waals surface area contributed by atoms with Gasteiger partial charge in [-0.2, -0.15) is 0 Å². The first kappa shape index (κ1) is 17.2. The molecule has 0 aliphatic heterocycles. The lowest BCUT2D eigenvalue weighted by molar-refractivity contribution is 0.0931. The first-order chi connectivity index (χ1) is 8.98. The summed E-state index contributed by atoms with van der Waals surface area (Å²) in [6.45, 7) is 4.84. The normalized spacial score (nSPS) is 11.4. The van der Waals surface area contributed by atoms with Gasteiger partial charge in [0.2, 0.25) is 0 Å². The van der Waals surface area contributed by atoms with Gasteiger partial charge in [-0.05, 0) is 53.6 Å². The van der Waals surface area contributed by atoms with Crippen molar-refractivity contribution < 1.29 is 4.79 Å². The molecule has 0 saturated heterocycles. The Morgan fingerprint density at radius 1 is 1.42 bits per heavy atom. The first-order valence-electron chi connectivity index (χ1n) is 6.27. The third-order valence-corrected chi connectivity index (χ3v) is 5.58. The Balaban J connectivity index is 2.77. The number of rotatable bonds is 6. The molecule has 1 aromatic carbocycles. The van der Waals surface area contributed by atoms with Gasteiger partial charge in [0.15, 0.2) is 0 Å². The minimum atomic E-state index is -0.0397. The van der Waals surface area contributed by atoms with Crippen LogP contribution in [0.5, 0.6) is 0 Å². The summed E-state index contributed by atoms with van der Waals surface area (Å²) in [6.07, 6.45) is 1.92. The molecule has 0 aliphatic carbocycles. The molecule has 2 nitrogen and oxygen atoms in total. The molecule has 1 amide bonds. The van der Waals surface area contributed by atoms with E-state index in [2.05, 4.69) is 57.7 Å². The summed E-state index contributed by atoms with van der Waals surface area (Å²) < 4.78 is 1.86. The molecule has 0 spiro atoms. The van der Waals surface area contributed by atoms with Crippen molar-refractivity contribution >= 4 is 56.0 Å². The van der Waals surface area contributed by atoms with E-state index in [0.717, 1.165) is 20.9 Å². The summed E-state index contributed by atoms with van der Waals surface area (Å²) in [5, 5.41) is 3.01. The van der Waals surface area contributed by atoms with Crippen LogP contribution in [0.15, 0.2) is 22.7 Å². The molecule has 0 aliphatic rings. The minimum absolute atomic E-state index is 0.00529. The highest BCUT2D eigenvalue weighted by Crippen LogP contribution is 2.27. The molecule has 1 aromatic rings. The van der Waals surface area contributed by atoms with E-state index >= 15 is 0 Å². The van der Waals surface area contributed by atoms with Gasteiger partial charge >= 0.3 is 0 Å². The number of halogens is 3. The summed E-state index contributed by atoms with van der Waals surface area (Å²) in [5.74, 6) is 0.526. The Labute approximate surface area is 141 Å². The zero-order valence-corrected chi connectivity index (χ0v) is 15.6. The molecule has 0 aromatic heterocycles. The van der Waals surface area contributed by atoms with Gasteiger partial charge in [-0.3, -0.25) is 4.79 Å². The van der Waals surface area contributed by atoms with Crippen molar-refractivity contribution in [2.45, 2.75) is 26.7 Å². The molecule has 19 heavy (non-hydrogen) atoms. The van der Waals surface area contributed by atoms with Crippen LogP contribution in [-0.4, -0.2) is 18.3 Å². The highest BCUT2D eigenvalue weighted by atomic mass is 127. The Morgan fingerprint density at radius 3 is 2.58 bits per heavy atom. The summed E-state index contributed by atoms with van der Waals surface area (Å²) in [4.78, 5) is 12.2. The third-order valence-electron chi connectivity index (χ3n) is 3.58. The molecule has 0 bridgehead atoms. The summed E-state index contributed by atoms with van der Waals surface area (Å²) in [5.41, 5.74) is 0.694. The molecule has 1 N–H and O–H groups in total. The fraction of sp³-hybridized carbons (Fsp3) is 0.500. The Bertz CT molecular complexity index is 441. The van der Waals surface area contributed by atoms with Gasteiger partial charge in [0.05, 0.1) is 5.56 Å². The third kappa shape index (κ3) is 4.60. The number of amides is 1. The van der Waals surface area contributed by atoms with E-state index in [-0.39, 0.29) is 11.3 Å². The van der Waals surface area contributed by atoms with Crippen molar-refractivity contribution in [1.82, 2.24) is 5.32 Å². The molecule has 106 valence electrons. The SMILES string of the molecule is CCC(CC)(CCl)CNC(=O)c1cc(Br)ccc1I. The molecule has 0 atom stereocenters. The van der Waals surface area contributed by atoms with Crippen molar-refractivity contribution in [2.75, 3.05) is 12.4 Å². The number of carbonyl (C=O) groups is 1. The second-order valence-corrected chi connectivity index (χ2v) is 6.99. The topological polar surface area (TPSA) is 29.1 Å². The number of benzene rings is 1. The number of hydrogen-bond donors (Lipinski definition) is 1. The molecule has 0 fully saturated rings. The zero-order chi connectivity index (χ0) is 14.5. The van der Waals surface area contributed by atoms with Crippen LogP contribution in [0.2, 0.25) is 0 Å². The van der Waals surface area contributed by atoms with Crippen molar-refractivity contribution in [3.63, 3.8) is 0 Å². The van der Waals surface area contributed by atoms with Gasteiger partial charge in [-0.25, -0.2) is 0 Å². The number of carbonyl (C=O) groups excluding carboxylic acids is 1. The smallest absolute Gasteiger partial charge is 0.252 e. The summed E-state index contributed by atoms with van der Waals surface area (Å²) in [7, 11) is 0. The Hall–Kier alpha value is 0.190. The summed E-state index contributed by atoms with van der Waals surface area (Å²) in [6, 6.07) is 5.70. The quantitative estimate of drug-likeness (QED) is 0.480. The molecule has 0 unspecified atom stereocenters. The average molecular weight is 459 g/mol. The molecule has 0 heterocycles. The predicted molar refractivity (Wildman–Crippen MR) is 92.9 cm³/mol. The Morgan fingerprint density at radius 2 is 2.05 bits per heavy atom. The van der Waals surface area contributed by atoms with E-state index in [9.17, 15) is 4.79 Å². The lowest BCUT2D eigenvalue weighted by Crippen LogP contribution is -2.38. The second-order valence-electron chi connectivity index (χ2n) is 4.65. The van der Waals surface area contributed by atoms with Crippen molar-refractivity contribution in [3.05, 3.63) is 31.8 Å². The Kier molecular flexibility index (Phi) is 7.11. The van der Waals surface area contributed by atoms with E-state index in [4.69, 9.17) is 11.6 Å². The lowest BCUT2D eigenvalue weighted by atomic mass is 9.84. The van der Waals surface area contributed by atoms with E-state index in [1.165, 1.54) is 0 Å².